The molecular weight excluding hydrogens is 230 g/mol. The number of likely N-dealkylation sites (tertiary alicyclic amines) is 1. The highest BCUT2D eigenvalue weighted by Crippen LogP contribution is 2.23. The first kappa shape index (κ1) is 11.4. The maximum absolute atomic E-state index is 9.03. The second kappa shape index (κ2) is 5.30. The van der Waals surface area contributed by atoms with Crippen LogP contribution in [0.3, 0.4) is 0 Å². The zero-order chi connectivity index (χ0) is 10.7. The fourth-order valence-corrected chi connectivity index (χ4v) is 3.10. The van der Waals surface area contributed by atoms with Gasteiger partial charge in [0.1, 0.15) is 0 Å². The minimum Gasteiger partial charge on any atom is -0.396 e. The van der Waals surface area contributed by atoms with E-state index >= 15 is 0 Å². The Morgan fingerprint density at radius 3 is 3.00 bits per heavy atom. The normalized spacial score (nSPS) is 22.4. The van der Waals surface area contributed by atoms with Crippen LogP contribution in [-0.2, 0) is 6.42 Å². The second-order valence-corrected chi connectivity index (χ2v) is 5.89. The lowest BCUT2D eigenvalue weighted by Crippen LogP contribution is -2.23. The standard InChI is InChI=1S/C11H16ClNOS/c12-11-2-1-10(15-11)4-6-13-5-3-9(7-13)8-14/h1-2,9,14H,3-8H2. The van der Waals surface area contributed by atoms with Gasteiger partial charge in [0.25, 0.3) is 0 Å². The van der Waals surface area contributed by atoms with Gasteiger partial charge in [-0.3, -0.25) is 0 Å². The molecule has 0 bridgehead atoms. The number of hydrogen-bond acceptors (Lipinski definition) is 3. The summed E-state index contributed by atoms with van der Waals surface area (Å²) in [5.41, 5.74) is 0. The van der Waals surface area contributed by atoms with Crippen LogP contribution < -0.4 is 0 Å². The highest BCUT2D eigenvalue weighted by molar-refractivity contribution is 7.16. The molecule has 1 unspecified atom stereocenters. The van der Waals surface area contributed by atoms with Crippen LogP contribution in [0.5, 0.6) is 0 Å². The van der Waals surface area contributed by atoms with Gasteiger partial charge in [0, 0.05) is 24.6 Å². The van der Waals surface area contributed by atoms with Crippen molar-refractivity contribution in [2.75, 3.05) is 26.2 Å². The smallest absolute Gasteiger partial charge is 0.0931 e. The molecule has 2 heterocycles. The Labute approximate surface area is 99.5 Å². The molecule has 84 valence electrons. The van der Waals surface area contributed by atoms with Crippen molar-refractivity contribution in [1.29, 1.82) is 0 Å². The van der Waals surface area contributed by atoms with Crippen LogP contribution in [0, 0.1) is 5.92 Å². The molecule has 1 aliphatic rings. The summed E-state index contributed by atoms with van der Waals surface area (Å²) in [7, 11) is 0. The van der Waals surface area contributed by atoms with Gasteiger partial charge >= 0.3 is 0 Å². The van der Waals surface area contributed by atoms with Crippen LogP contribution in [0.1, 0.15) is 11.3 Å². The molecule has 1 aromatic heterocycles. The van der Waals surface area contributed by atoms with E-state index < -0.39 is 0 Å². The molecule has 1 saturated heterocycles. The molecule has 0 spiro atoms. The van der Waals surface area contributed by atoms with Gasteiger partial charge in [-0.05, 0) is 37.4 Å². The van der Waals surface area contributed by atoms with Crippen LogP contribution in [-0.4, -0.2) is 36.2 Å². The number of aliphatic hydroxyl groups excluding tert-OH is 1. The van der Waals surface area contributed by atoms with Gasteiger partial charge in [-0.25, -0.2) is 0 Å². The first-order valence-corrected chi connectivity index (χ1v) is 6.55. The van der Waals surface area contributed by atoms with Gasteiger partial charge in [-0.1, -0.05) is 11.6 Å². The summed E-state index contributed by atoms with van der Waals surface area (Å²) in [5, 5.41) is 9.03. The SMILES string of the molecule is OCC1CCN(CCc2ccc(Cl)s2)C1. The predicted molar refractivity (Wildman–Crippen MR) is 64.7 cm³/mol. The van der Waals surface area contributed by atoms with E-state index in [1.54, 1.807) is 11.3 Å². The Bertz CT molecular complexity index is 315. The molecule has 0 radical (unpaired) electrons. The molecule has 0 aliphatic carbocycles. The van der Waals surface area contributed by atoms with E-state index in [1.807, 2.05) is 6.07 Å². The van der Waals surface area contributed by atoms with Crippen molar-refractivity contribution in [3.05, 3.63) is 21.3 Å². The molecule has 1 fully saturated rings. The molecule has 4 heteroatoms. The largest absolute Gasteiger partial charge is 0.396 e. The Morgan fingerprint density at radius 1 is 1.53 bits per heavy atom. The fourth-order valence-electron chi connectivity index (χ4n) is 2.02. The fraction of sp³-hybridized carbons (Fsp3) is 0.636. The molecule has 2 rings (SSSR count). The first-order valence-electron chi connectivity index (χ1n) is 5.35. The van der Waals surface area contributed by atoms with Gasteiger partial charge in [0.15, 0.2) is 0 Å². The molecule has 1 aliphatic heterocycles. The molecule has 2 nitrogen and oxygen atoms in total. The zero-order valence-electron chi connectivity index (χ0n) is 8.66. The monoisotopic (exact) mass is 245 g/mol. The Balaban J connectivity index is 1.75. The van der Waals surface area contributed by atoms with Crippen molar-refractivity contribution in [3.8, 4) is 0 Å². The molecule has 0 amide bonds. The molecule has 0 saturated carbocycles. The van der Waals surface area contributed by atoms with Crippen molar-refractivity contribution in [2.24, 2.45) is 5.92 Å². The van der Waals surface area contributed by atoms with Crippen molar-refractivity contribution in [3.63, 3.8) is 0 Å². The molecule has 1 atom stereocenters. The van der Waals surface area contributed by atoms with Gasteiger partial charge in [-0.15, -0.1) is 11.3 Å². The van der Waals surface area contributed by atoms with E-state index in [1.165, 1.54) is 4.88 Å². The van der Waals surface area contributed by atoms with Crippen LogP contribution >= 0.6 is 22.9 Å². The van der Waals surface area contributed by atoms with Crippen molar-refractivity contribution in [1.82, 2.24) is 4.90 Å². The van der Waals surface area contributed by atoms with Crippen LogP contribution in [0.15, 0.2) is 12.1 Å². The van der Waals surface area contributed by atoms with Crippen LogP contribution in [0.25, 0.3) is 0 Å². The number of nitrogens with zero attached hydrogens (tertiary/aromatic N) is 1. The summed E-state index contributed by atoms with van der Waals surface area (Å²) < 4.78 is 0.875. The topological polar surface area (TPSA) is 23.5 Å². The number of halogens is 1. The maximum Gasteiger partial charge on any atom is 0.0931 e. The average molecular weight is 246 g/mol. The van der Waals surface area contributed by atoms with Gasteiger partial charge in [0.05, 0.1) is 4.34 Å². The summed E-state index contributed by atoms with van der Waals surface area (Å²) in [6, 6.07) is 4.06. The Kier molecular flexibility index (Phi) is 4.03. The lowest BCUT2D eigenvalue weighted by Gasteiger charge is -2.14. The summed E-state index contributed by atoms with van der Waals surface area (Å²) in [5.74, 6) is 0.497. The number of aliphatic hydroxyl groups is 1. The molecule has 15 heavy (non-hydrogen) atoms. The third-order valence-electron chi connectivity index (χ3n) is 2.93. The maximum atomic E-state index is 9.03. The lowest BCUT2D eigenvalue weighted by molar-refractivity contribution is 0.222. The van der Waals surface area contributed by atoms with Crippen LogP contribution in [0.2, 0.25) is 4.34 Å². The minimum atomic E-state index is 0.335. The van der Waals surface area contributed by atoms with Gasteiger partial charge in [-0.2, -0.15) is 0 Å². The van der Waals surface area contributed by atoms with Gasteiger partial charge < -0.3 is 10.0 Å². The quantitative estimate of drug-likeness (QED) is 0.880. The third-order valence-corrected chi connectivity index (χ3v) is 4.22. The van der Waals surface area contributed by atoms with E-state index in [0.717, 1.165) is 36.8 Å². The first-order chi connectivity index (χ1) is 7.28. The number of rotatable bonds is 4. The third kappa shape index (κ3) is 3.18. The van der Waals surface area contributed by atoms with Crippen LogP contribution in [0.4, 0.5) is 0 Å². The summed E-state index contributed by atoms with van der Waals surface area (Å²) in [4.78, 5) is 3.78. The van der Waals surface area contributed by atoms with E-state index in [2.05, 4.69) is 11.0 Å². The van der Waals surface area contributed by atoms with E-state index in [-0.39, 0.29) is 0 Å². The van der Waals surface area contributed by atoms with Crippen molar-refractivity contribution < 1.29 is 5.11 Å². The second-order valence-electron chi connectivity index (χ2n) is 4.09. The van der Waals surface area contributed by atoms with Crippen molar-refractivity contribution >= 4 is 22.9 Å². The summed E-state index contributed by atoms with van der Waals surface area (Å²) in [6.07, 6.45) is 2.22. The van der Waals surface area contributed by atoms with Gasteiger partial charge in [0.2, 0.25) is 0 Å². The number of hydrogen-bond donors (Lipinski definition) is 1. The van der Waals surface area contributed by atoms with E-state index in [4.69, 9.17) is 16.7 Å². The highest BCUT2D eigenvalue weighted by Gasteiger charge is 2.21. The summed E-state index contributed by atoms with van der Waals surface area (Å²) >= 11 is 7.54. The Morgan fingerprint density at radius 2 is 2.40 bits per heavy atom. The zero-order valence-corrected chi connectivity index (χ0v) is 10.2. The average Bonchev–Trinajstić information content (AvgIpc) is 2.83. The molecule has 1 aromatic rings. The lowest BCUT2D eigenvalue weighted by atomic mass is 10.1. The molecule has 0 aromatic carbocycles. The molecular formula is C11H16ClNOS. The minimum absolute atomic E-state index is 0.335. The summed E-state index contributed by atoms with van der Waals surface area (Å²) in [6.45, 7) is 3.61. The van der Waals surface area contributed by atoms with E-state index in [9.17, 15) is 0 Å². The van der Waals surface area contributed by atoms with Crippen molar-refractivity contribution in [2.45, 2.75) is 12.8 Å². The highest BCUT2D eigenvalue weighted by atomic mass is 35.5. The van der Waals surface area contributed by atoms with E-state index in [0.29, 0.717) is 12.5 Å². The number of thiophene rings is 1. The molecule has 1 N–H and O–H groups in total. The predicted octanol–water partition coefficient (Wildman–Crippen LogP) is 2.26. The Hall–Kier alpha value is -0.0900.